The Hall–Kier alpha value is -3.12. The van der Waals surface area contributed by atoms with Crippen molar-refractivity contribution >= 4 is 22.8 Å². The predicted molar refractivity (Wildman–Crippen MR) is 128 cm³/mol. The lowest BCUT2D eigenvalue weighted by Crippen LogP contribution is -2.42. The maximum absolute atomic E-state index is 13.6. The molecule has 0 fully saturated rings. The summed E-state index contributed by atoms with van der Waals surface area (Å²) in [5.41, 5.74) is 2.15. The quantitative estimate of drug-likeness (QED) is 0.501. The molecule has 1 heterocycles. The van der Waals surface area contributed by atoms with Crippen molar-refractivity contribution in [2.24, 2.45) is 0 Å². The lowest BCUT2D eigenvalue weighted by Gasteiger charge is -2.26. The number of benzene rings is 2. The van der Waals surface area contributed by atoms with Crippen molar-refractivity contribution in [2.75, 3.05) is 33.7 Å². The fraction of sp³-hybridized carbons (Fsp3) is 0.385. The van der Waals surface area contributed by atoms with Gasteiger partial charge in [0.25, 0.3) is 5.91 Å². The average Bonchev–Trinajstić information content (AvgIpc) is 3.08. The number of likely N-dealkylation sites (N-methyl/N-ethyl adjacent to an activating group) is 1. The Balaban J connectivity index is 1.92. The number of hydrogen-bond donors (Lipinski definition) is 0. The topological polar surface area (TPSA) is 54.8 Å². The Labute approximate surface area is 190 Å². The van der Waals surface area contributed by atoms with Crippen LogP contribution in [0.1, 0.15) is 36.7 Å². The number of hydrogen-bond acceptors (Lipinski definition) is 4. The van der Waals surface area contributed by atoms with E-state index >= 15 is 0 Å². The van der Waals surface area contributed by atoms with Crippen LogP contribution in [0, 0.1) is 0 Å². The van der Waals surface area contributed by atoms with E-state index in [1.54, 1.807) is 4.90 Å². The molecule has 0 atom stereocenters. The van der Waals surface area contributed by atoms with Crippen LogP contribution in [0.25, 0.3) is 10.9 Å². The van der Waals surface area contributed by atoms with Crippen molar-refractivity contribution in [1.82, 2.24) is 14.4 Å². The van der Waals surface area contributed by atoms with Gasteiger partial charge in [-0.05, 0) is 46.5 Å². The highest BCUT2D eigenvalue weighted by Crippen LogP contribution is 2.24. The number of rotatable bonds is 8. The molecule has 0 bridgehead atoms. The summed E-state index contributed by atoms with van der Waals surface area (Å²) in [6.07, 6.45) is 1.90. The van der Waals surface area contributed by atoms with Crippen LogP contribution in [-0.4, -0.2) is 65.6 Å². The molecule has 0 aliphatic heterocycles. The van der Waals surface area contributed by atoms with Gasteiger partial charge in [-0.15, -0.1) is 0 Å². The zero-order valence-electron chi connectivity index (χ0n) is 19.7. The molecule has 0 saturated heterocycles. The first kappa shape index (κ1) is 23.5. The van der Waals surface area contributed by atoms with E-state index in [9.17, 15) is 9.59 Å². The Kier molecular flexibility index (Phi) is 7.36. The standard InChI is InChI=1S/C26H33N3O3/c1-26(2,3)32-24(30)19-28(16-15-27(4)5)25(31)22-18-29(17-20-11-7-6-8-12-20)23-14-10-9-13-21(22)23/h6-14,18H,15-17,19H2,1-5H3. The zero-order valence-corrected chi connectivity index (χ0v) is 19.7. The van der Waals surface area contributed by atoms with Crippen LogP contribution in [0.15, 0.2) is 60.8 Å². The summed E-state index contributed by atoms with van der Waals surface area (Å²) in [7, 11) is 3.89. The Bertz CT molecular complexity index is 1060. The second-order valence-electron chi connectivity index (χ2n) is 9.29. The average molecular weight is 436 g/mol. The monoisotopic (exact) mass is 435 g/mol. The molecular formula is C26H33N3O3. The van der Waals surface area contributed by atoms with Gasteiger partial charge in [0.2, 0.25) is 0 Å². The third-order valence-electron chi connectivity index (χ3n) is 5.06. The summed E-state index contributed by atoms with van der Waals surface area (Å²) < 4.78 is 7.57. The van der Waals surface area contributed by atoms with E-state index in [4.69, 9.17) is 4.74 Å². The number of aromatic nitrogens is 1. The highest BCUT2D eigenvalue weighted by atomic mass is 16.6. The summed E-state index contributed by atoms with van der Waals surface area (Å²) in [6, 6.07) is 18.0. The molecule has 0 N–H and O–H groups in total. The van der Waals surface area contributed by atoms with E-state index in [1.165, 1.54) is 0 Å². The van der Waals surface area contributed by atoms with Gasteiger partial charge in [0.05, 0.1) is 5.56 Å². The minimum Gasteiger partial charge on any atom is -0.459 e. The second-order valence-corrected chi connectivity index (χ2v) is 9.29. The number of amides is 1. The molecular weight excluding hydrogens is 402 g/mol. The van der Waals surface area contributed by atoms with E-state index in [2.05, 4.69) is 16.7 Å². The molecule has 2 aromatic carbocycles. The van der Waals surface area contributed by atoms with Gasteiger partial charge in [-0.3, -0.25) is 9.59 Å². The Morgan fingerprint density at radius 2 is 1.59 bits per heavy atom. The van der Waals surface area contributed by atoms with Crippen molar-refractivity contribution in [2.45, 2.75) is 32.9 Å². The number of para-hydroxylation sites is 1. The van der Waals surface area contributed by atoms with Crippen molar-refractivity contribution in [3.05, 3.63) is 71.9 Å². The maximum Gasteiger partial charge on any atom is 0.326 e. The molecule has 3 rings (SSSR count). The number of esters is 1. The Morgan fingerprint density at radius 1 is 0.938 bits per heavy atom. The summed E-state index contributed by atoms with van der Waals surface area (Å²) >= 11 is 0. The smallest absolute Gasteiger partial charge is 0.326 e. The van der Waals surface area contributed by atoms with E-state index in [0.29, 0.717) is 25.2 Å². The first-order chi connectivity index (χ1) is 15.1. The largest absolute Gasteiger partial charge is 0.459 e. The first-order valence-corrected chi connectivity index (χ1v) is 10.9. The molecule has 32 heavy (non-hydrogen) atoms. The van der Waals surface area contributed by atoms with Crippen LogP contribution < -0.4 is 0 Å². The Morgan fingerprint density at radius 3 is 2.25 bits per heavy atom. The SMILES string of the molecule is CN(C)CCN(CC(=O)OC(C)(C)C)C(=O)c1cn(Cc2ccccc2)c2ccccc12. The maximum atomic E-state index is 13.6. The first-order valence-electron chi connectivity index (χ1n) is 10.9. The van der Waals surface area contributed by atoms with E-state index in [-0.39, 0.29) is 12.5 Å². The van der Waals surface area contributed by atoms with Gasteiger partial charge in [-0.1, -0.05) is 48.5 Å². The molecule has 0 spiro atoms. The fourth-order valence-corrected chi connectivity index (χ4v) is 3.60. The molecule has 3 aromatic rings. The van der Waals surface area contributed by atoms with Gasteiger partial charge in [0, 0.05) is 36.7 Å². The minimum atomic E-state index is -0.598. The van der Waals surface area contributed by atoms with Crippen LogP contribution in [0.2, 0.25) is 0 Å². The third-order valence-corrected chi connectivity index (χ3v) is 5.06. The lowest BCUT2D eigenvalue weighted by molar-refractivity contribution is -0.155. The number of ether oxygens (including phenoxy) is 1. The molecule has 1 amide bonds. The molecule has 0 aliphatic carbocycles. The van der Waals surface area contributed by atoms with Gasteiger partial charge < -0.3 is 19.1 Å². The molecule has 0 radical (unpaired) electrons. The van der Waals surface area contributed by atoms with E-state index < -0.39 is 11.6 Å². The summed E-state index contributed by atoms with van der Waals surface area (Å²) in [5, 5.41) is 0.882. The van der Waals surface area contributed by atoms with Crippen molar-refractivity contribution in [1.29, 1.82) is 0 Å². The normalized spacial score (nSPS) is 11.7. The number of nitrogens with zero attached hydrogens (tertiary/aromatic N) is 3. The van der Waals surface area contributed by atoms with Crippen LogP contribution in [0.4, 0.5) is 0 Å². The lowest BCUT2D eigenvalue weighted by atomic mass is 10.1. The molecule has 6 heteroatoms. The summed E-state index contributed by atoms with van der Waals surface area (Å²) in [6.45, 7) is 7.15. The van der Waals surface area contributed by atoms with Gasteiger partial charge in [-0.2, -0.15) is 0 Å². The highest BCUT2D eigenvalue weighted by molar-refractivity contribution is 6.07. The summed E-state index contributed by atoms with van der Waals surface area (Å²) in [4.78, 5) is 29.7. The van der Waals surface area contributed by atoms with E-state index in [1.807, 2.05) is 88.4 Å². The fourth-order valence-electron chi connectivity index (χ4n) is 3.60. The van der Waals surface area contributed by atoms with Gasteiger partial charge >= 0.3 is 5.97 Å². The predicted octanol–water partition coefficient (Wildman–Crippen LogP) is 4.04. The summed E-state index contributed by atoms with van der Waals surface area (Å²) in [5.74, 6) is -0.571. The molecule has 1 aromatic heterocycles. The van der Waals surface area contributed by atoms with Gasteiger partial charge in [0.15, 0.2) is 0 Å². The van der Waals surface area contributed by atoms with Gasteiger partial charge in [0.1, 0.15) is 12.1 Å². The van der Waals surface area contributed by atoms with Crippen molar-refractivity contribution in [3.63, 3.8) is 0 Å². The molecule has 0 unspecified atom stereocenters. The molecule has 170 valence electrons. The number of carbonyl (C=O) groups excluding carboxylic acids is 2. The van der Waals surface area contributed by atoms with Crippen LogP contribution in [0.3, 0.4) is 0 Å². The van der Waals surface area contributed by atoms with Crippen molar-refractivity contribution in [3.8, 4) is 0 Å². The van der Waals surface area contributed by atoms with Crippen LogP contribution >= 0.6 is 0 Å². The number of fused-ring (bicyclic) bond motifs is 1. The number of carbonyl (C=O) groups is 2. The molecule has 0 aliphatic rings. The minimum absolute atomic E-state index is 0.0812. The third kappa shape index (κ3) is 6.20. The van der Waals surface area contributed by atoms with Crippen molar-refractivity contribution < 1.29 is 14.3 Å². The highest BCUT2D eigenvalue weighted by Gasteiger charge is 2.25. The zero-order chi connectivity index (χ0) is 23.3. The van der Waals surface area contributed by atoms with E-state index in [0.717, 1.165) is 16.5 Å². The van der Waals surface area contributed by atoms with Crippen LogP contribution in [0.5, 0.6) is 0 Å². The second kappa shape index (κ2) is 10.0. The molecule has 6 nitrogen and oxygen atoms in total. The molecule has 0 saturated carbocycles. The van der Waals surface area contributed by atoms with Gasteiger partial charge in [-0.25, -0.2) is 0 Å². The van der Waals surface area contributed by atoms with Crippen LogP contribution in [-0.2, 0) is 16.1 Å².